The van der Waals surface area contributed by atoms with E-state index in [0.29, 0.717) is 30.7 Å². The summed E-state index contributed by atoms with van der Waals surface area (Å²) in [7, 11) is 0. The third-order valence-electron chi connectivity index (χ3n) is 4.86. The van der Waals surface area contributed by atoms with Crippen molar-refractivity contribution in [1.82, 2.24) is 24.8 Å². The number of carbonyl (C=O) groups excluding carboxylic acids is 2. The lowest BCUT2D eigenvalue weighted by molar-refractivity contribution is -0.127. The van der Waals surface area contributed by atoms with Crippen LogP contribution in [0.5, 0.6) is 0 Å². The highest BCUT2D eigenvalue weighted by Gasteiger charge is 2.31. The van der Waals surface area contributed by atoms with Gasteiger partial charge < -0.3 is 10.2 Å². The van der Waals surface area contributed by atoms with E-state index >= 15 is 0 Å². The molecule has 0 bridgehead atoms. The minimum absolute atomic E-state index is 0.000950. The van der Waals surface area contributed by atoms with Gasteiger partial charge >= 0.3 is 0 Å². The van der Waals surface area contributed by atoms with Gasteiger partial charge in [0.25, 0.3) is 5.91 Å². The van der Waals surface area contributed by atoms with Crippen molar-refractivity contribution in [3.8, 4) is 0 Å². The van der Waals surface area contributed by atoms with Crippen LogP contribution in [0.3, 0.4) is 0 Å². The predicted molar refractivity (Wildman–Crippen MR) is 100 cm³/mol. The van der Waals surface area contributed by atoms with Crippen LogP contribution >= 0.6 is 0 Å². The molecule has 8 heteroatoms. The predicted octanol–water partition coefficient (Wildman–Crippen LogP) is 1.75. The molecule has 2 amide bonds. The molecule has 3 aromatic rings. The molecule has 1 unspecified atom stereocenters. The molecule has 28 heavy (non-hydrogen) atoms. The number of nitrogens with one attached hydrogen (secondary N) is 1. The summed E-state index contributed by atoms with van der Waals surface area (Å²) >= 11 is 0. The lowest BCUT2D eigenvalue weighted by atomic mass is 10.1. The second-order valence-electron chi connectivity index (χ2n) is 7.05. The molecule has 1 aromatic carbocycles. The fraction of sp³-hybridized carbons (Fsp3) is 0.300. The lowest BCUT2D eigenvalue weighted by Crippen LogP contribution is -2.37. The monoisotopic (exact) mass is 381 g/mol. The van der Waals surface area contributed by atoms with Gasteiger partial charge in [0.15, 0.2) is 5.65 Å². The Bertz CT molecular complexity index is 1030. The Balaban J connectivity index is 1.37. The van der Waals surface area contributed by atoms with Crippen molar-refractivity contribution in [2.24, 2.45) is 0 Å². The number of aromatic nitrogens is 3. The number of nitrogens with zero attached hydrogens (tertiary/aromatic N) is 4. The van der Waals surface area contributed by atoms with Crippen LogP contribution < -0.4 is 5.32 Å². The van der Waals surface area contributed by atoms with E-state index in [2.05, 4.69) is 15.4 Å². The van der Waals surface area contributed by atoms with Crippen molar-refractivity contribution < 1.29 is 14.0 Å². The number of benzene rings is 1. The highest BCUT2D eigenvalue weighted by Crippen LogP contribution is 2.15. The molecular formula is C20H20FN5O2. The average Bonchev–Trinajstić information content (AvgIpc) is 3.24. The standard InChI is InChI=1S/C20H20FN5O2/c1-13-9-22-19-17(10-23-26(19)11-13)20(28)24-16-8-18(27)25(12-16)7-6-14-2-4-15(21)5-3-14/h2-5,9-11,16H,6-8,12H2,1H3,(H,24,28). The van der Waals surface area contributed by atoms with Crippen LogP contribution in [0, 0.1) is 12.7 Å². The van der Waals surface area contributed by atoms with Crippen molar-refractivity contribution in [2.75, 3.05) is 13.1 Å². The first-order valence-corrected chi connectivity index (χ1v) is 9.12. The fourth-order valence-corrected chi connectivity index (χ4v) is 3.39. The quantitative estimate of drug-likeness (QED) is 0.730. The van der Waals surface area contributed by atoms with Crippen molar-refractivity contribution in [3.05, 3.63) is 65.4 Å². The second kappa shape index (κ2) is 7.38. The molecule has 0 saturated carbocycles. The number of hydrogen-bond donors (Lipinski definition) is 1. The van der Waals surface area contributed by atoms with Gasteiger partial charge in [-0.3, -0.25) is 9.59 Å². The first-order chi connectivity index (χ1) is 13.5. The minimum Gasteiger partial charge on any atom is -0.347 e. The molecule has 2 aromatic heterocycles. The molecule has 3 heterocycles. The van der Waals surface area contributed by atoms with E-state index < -0.39 is 0 Å². The highest BCUT2D eigenvalue weighted by molar-refractivity contribution is 6.00. The molecule has 0 spiro atoms. The first-order valence-electron chi connectivity index (χ1n) is 9.12. The summed E-state index contributed by atoms with van der Waals surface area (Å²) in [5.74, 6) is -0.563. The van der Waals surface area contributed by atoms with E-state index in [-0.39, 0.29) is 30.1 Å². The molecular weight excluding hydrogens is 361 g/mol. The zero-order chi connectivity index (χ0) is 19.7. The number of likely N-dealkylation sites (tertiary alicyclic amines) is 1. The summed E-state index contributed by atoms with van der Waals surface area (Å²) in [5, 5.41) is 7.07. The number of carbonyl (C=O) groups is 2. The smallest absolute Gasteiger partial charge is 0.257 e. The average molecular weight is 381 g/mol. The molecule has 1 aliphatic heterocycles. The largest absolute Gasteiger partial charge is 0.347 e. The molecule has 4 rings (SSSR count). The van der Waals surface area contributed by atoms with Gasteiger partial charge in [-0.2, -0.15) is 5.10 Å². The van der Waals surface area contributed by atoms with Gasteiger partial charge in [-0.15, -0.1) is 0 Å². The third kappa shape index (κ3) is 3.71. The molecule has 1 fully saturated rings. The van der Waals surface area contributed by atoms with Gasteiger partial charge in [0.1, 0.15) is 11.4 Å². The van der Waals surface area contributed by atoms with Gasteiger partial charge in [-0.05, 0) is 36.6 Å². The Hall–Kier alpha value is -3.29. The Morgan fingerprint density at radius 2 is 2.07 bits per heavy atom. The first kappa shape index (κ1) is 18.1. The normalized spacial score (nSPS) is 16.7. The maximum atomic E-state index is 13.0. The Morgan fingerprint density at radius 3 is 2.86 bits per heavy atom. The van der Waals surface area contributed by atoms with Crippen LogP contribution in [-0.4, -0.2) is 50.4 Å². The highest BCUT2D eigenvalue weighted by atomic mass is 19.1. The van der Waals surface area contributed by atoms with Gasteiger partial charge in [0, 0.05) is 31.9 Å². The zero-order valence-corrected chi connectivity index (χ0v) is 15.4. The van der Waals surface area contributed by atoms with Crippen LogP contribution in [0.4, 0.5) is 4.39 Å². The van der Waals surface area contributed by atoms with Crippen LogP contribution in [0.25, 0.3) is 5.65 Å². The molecule has 0 aliphatic carbocycles. The number of halogens is 1. The van der Waals surface area contributed by atoms with Crippen molar-refractivity contribution in [3.63, 3.8) is 0 Å². The SMILES string of the molecule is Cc1cnc2c(C(=O)NC3CC(=O)N(CCc4ccc(F)cc4)C3)cnn2c1. The molecule has 144 valence electrons. The lowest BCUT2D eigenvalue weighted by Gasteiger charge is -2.17. The maximum Gasteiger partial charge on any atom is 0.257 e. The van der Waals surface area contributed by atoms with E-state index in [1.165, 1.54) is 18.3 Å². The van der Waals surface area contributed by atoms with Crippen molar-refractivity contribution in [2.45, 2.75) is 25.8 Å². The molecule has 1 N–H and O–H groups in total. The summed E-state index contributed by atoms with van der Waals surface area (Å²) in [6, 6.07) is 6.00. The number of hydrogen-bond acceptors (Lipinski definition) is 4. The molecule has 1 saturated heterocycles. The number of rotatable bonds is 5. The van der Waals surface area contributed by atoms with E-state index in [1.54, 1.807) is 33.9 Å². The van der Waals surface area contributed by atoms with Crippen LogP contribution in [-0.2, 0) is 11.2 Å². The molecule has 1 atom stereocenters. The topological polar surface area (TPSA) is 79.6 Å². The summed E-state index contributed by atoms with van der Waals surface area (Å²) in [6.07, 6.45) is 5.88. The van der Waals surface area contributed by atoms with E-state index in [4.69, 9.17) is 0 Å². The third-order valence-corrected chi connectivity index (χ3v) is 4.86. The second-order valence-corrected chi connectivity index (χ2v) is 7.05. The fourth-order valence-electron chi connectivity index (χ4n) is 3.39. The summed E-state index contributed by atoms with van der Waals surface area (Å²) in [4.78, 5) is 30.9. The van der Waals surface area contributed by atoms with Crippen LogP contribution in [0.1, 0.15) is 27.9 Å². The maximum absolute atomic E-state index is 13.0. The molecule has 1 aliphatic rings. The number of amides is 2. The van der Waals surface area contributed by atoms with Crippen LogP contribution in [0.15, 0.2) is 42.9 Å². The zero-order valence-electron chi connectivity index (χ0n) is 15.4. The van der Waals surface area contributed by atoms with E-state index in [0.717, 1.165) is 11.1 Å². The van der Waals surface area contributed by atoms with Gasteiger partial charge in [0.05, 0.1) is 12.2 Å². The molecule has 7 nitrogen and oxygen atoms in total. The van der Waals surface area contributed by atoms with Crippen molar-refractivity contribution in [1.29, 1.82) is 0 Å². The molecule has 0 radical (unpaired) electrons. The Kier molecular flexibility index (Phi) is 4.77. The van der Waals surface area contributed by atoms with Crippen LogP contribution in [0.2, 0.25) is 0 Å². The Labute approximate surface area is 161 Å². The van der Waals surface area contributed by atoms with E-state index in [9.17, 15) is 14.0 Å². The number of aryl methyl sites for hydroxylation is 1. The van der Waals surface area contributed by atoms with E-state index in [1.807, 2.05) is 6.92 Å². The summed E-state index contributed by atoms with van der Waals surface area (Å²) in [6.45, 7) is 2.89. The van der Waals surface area contributed by atoms with Gasteiger partial charge in [-0.25, -0.2) is 13.9 Å². The minimum atomic E-state index is -0.287. The Morgan fingerprint density at radius 1 is 1.29 bits per heavy atom. The van der Waals surface area contributed by atoms with Gasteiger partial charge in [0.2, 0.25) is 5.91 Å². The number of fused-ring (bicyclic) bond motifs is 1. The summed E-state index contributed by atoms with van der Waals surface area (Å²) < 4.78 is 14.5. The van der Waals surface area contributed by atoms with Gasteiger partial charge in [-0.1, -0.05) is 12.1 Å². The van der Waals surface area contributed by atoms with Crippen molar-refractivity contribution >= 4 is 17.5 Å². The summed E-state index contributed by atoms with van der Waals surface area (Å²) in [5.41, 5.74) is 2.79.